The van der Waals surface area contributed by atoms with Crippen LogP contribution in [0.3, 0.4) is 0 Å². The maximum Gasteiger partial charge on any atom is 0.142 e. The Hall–Kier alpha value is -0.600. The topological polar surface area (TPSA) is 12.0 Å². The number of hydrogen-bond donors (Lipinski definition) is 1. The van der Waals surface area contributed by atoms with E-state index in [9.17, 15) is 4.39 Å². The fraction of sp³-hybridized carbons (Fsp3) is 0.667. The maximum atomic E-state index is 13.8. The molecule has 0 saturated heterocycles. The average molecular weight is 312 g/mol. The van der Waals surface area contributed by atoms with E-state index in [-0.39, 0.29) is 16.9 Å². The molecule has 1 aliphatic rings. The molecule has 1 aromatic rings. The predicted molar refractivity (Wildman–Crippen MR) is 88.1 cm³/mol. The van der Waals surface area contributed by atoms with Gasteiger partial charge in [0.05, 0.1) is 5.02 Å². The number of nitrogens with one attached hydrogen (secondary N) is 1. The first-order valence-corrected chi connectivity index (χ1v) is 8.59. The molecule has 1 nitrogen and oxygen atoms in total. The highest BCUT2D eigenvalue weighted by Gasteiger charge is 2.32. The van der Waals surface area contributed by atoms with E-state index in [1.807, 2.05) is 6.07 Å². The molecule has 21 heavy (non-hydrogen) atoms. The largest absolute Gasteiger partial charge is 0.310 e. The van der Waals surface area contributed by atoms with Crippen molar-refractivity contribution in [3.05, 3.63) is 34.6 Å². The predicted octanol–water partition coefficient (Wildman–Crippen LogP) is 5.59. The van der Waals surface area contributed by atoms with Gasteiger partial charge in [-0.2, -0.15) is 0 Å². The minimum absolute atomic E-state index is 0.170. The van der Waals surface area contributed by atoms with Gasteiger partial charge in [0.25, 0.3) is 0 Å². The number of hydrogen-bond acceptors (Lipinski definition) is 1. The molecule has 0 aliphatic heterocycles. The molecule has 1 saturated carbocycles. The normalized spacial score (nSPS) is 27.6. The van der Waals surface area contributed by atoms with Gasteiger partial charge in [-0.3, -0.25) is 0 Å². The minimum atomic E-state index is -0.310. The second-order valence-corrected chi connectivity index (χ2v) is 6.98. The zero-order chi connectivity index (χ0) is 15.4. The van der Waals surface area contributed by atoms with Gasteiger partial charge < -0.3 is 5.32 Å². The maximum absolute atomic E-state index is 13.8. The van der Waals surface area contributed by atoms with Crippen LogP contribution in [0.4, 0.5) is 4.39 Å². The van der Waals surface area contributed by atoms with Crippen LogP contribution in [0.2, 0.25) is 5.02 Å². The van der Waals surface area contributed by atoms with Gasteiger partial charge in [0.15, 0.2) is 0 Å². The highest BCUT2D eigenvalue weighted by molar-refractivity contribution is 6.31. The Balaban J connectivity index is 2.23. The van der Waals surface area contributed by atoms with Crippen molar-refractivity contribution in [3.63, 3.8) is 0 Å². The summed E-state index contributed by atoms with van der Waals surface area (Å²) in [6.07, 6.45) is 4.71. The van der Waals surface area contributed by atoms with Crippen molar-refractivity contribution in [2.75, 3.05) is 6.54 Å². The van der Waals surface area contributed by atoms with Gasteiger partial charge in [-0.1, -0.05) is 50.9 Å². The molecule has 0 spiro atoms. The average Bonchev–Trinajstić information content (AvgIpc) is 2.47. The molecule has 0 radical (unpaired) electrons. The first-order valence-electron chi connectivity index (χ1n) is 8.21. The van der Waals surface area contributed by atoms with E-state index >= 15 is 0 Å². The lowest BCUT2D eigenvalue weighted by Crippen LogP contribution is -2.34. The van der Waals surface area contributed by atoms with Crippen LogP contribution in [0.1, 0.15) is 58.1 Å². The molecule has 1 N–H and O–H groups in total. The molecule has 4 atom stereocenters. The summed E-state index contributed by atoms with van der Waals surface area (Å²) in [6.45, 7) is 7.77. The van der Waals surface area contributed by atoms with Crippen molar-refractivity contribution in [2.45, 2.75) is 52.5 Å². The van der Waals surface area contributed by atoms with E-state index in [4.69, 9.17) is 11.6 Å². The van der Waals surface area contributed by atoms with E-state index < -0.39 is 0 Å². The zero-order valence-electron chi connectivity index (χ0n) is 13.3. The lowest BCUT2D eigenvalue weighted by atomic mass is 9.72. The second-order valence-electron chi connectivity index (χ2n) is 6.60. The van der Waals surface area contributed by atoms with Crippen molar-refractivity contribution < 1.29 is 4.39 Å². The van der Waals surface area contributed by atoms with E-state index in [1.54, 1.807) is 6.07 Å². The summed E-state index contributed by atoms with van der Waals surface area (Å²) in [5.41, 5.74) is 0.928. The highest BCUT2D eigenvalue weighted by Crippen LogP contribution is 2.41. The van der Waals surface area contributed by atoms with Crippen molar-refractivity contribution >= 4 is 11.6 Å². The minimum Gasteiger partial charge on any atom is -0.310 e. The molecule has 0 heterocycles. The molecule has 0 aromatic heterocycles. The lowest BCUT2D eigenvalue weighted by molar-refractivity contribution is 0.171. The fourth-order valence-corrected chi connectivity index (χ4v) is 3.73. The van der Waals surface area contributed by atoms with Crippen LogP contribution in [0.25, 0.3) is 0 Å². The molecule has 2 rings (SSSR count). The number of halogens is 2. The Morgan fingerprint density at radius 1 is 1.29 bits per heavy atom. The van der Waals surface area contributed by atoms with Crippen LogP contribution in [-0.2, 0) is 0 Å². The van der Waals surface area contributed by atoms with Crippen molar-refractivity contribution in [1.82, 2.24) is 5.32 Å². The second kappa shape index (κ2) is 7.60. The van der Waals surface area contributed by atoms with Crippen LogP contribution < -0.4 is 5.32 Å². The van der Waals surface area contributed by atoms with Gasteiger partial charge in [0.2, 0.25) is 0 Å². The van der Waals surface area contributed by atoms with E-state index in [0.29, 0.717) is 5.92 Å². The third-order valence-electron chi connectivity index (χ3n) is 5.04. The van der Waals surface area contributed by atoms with Crippen molar-refractivity contribution in [3.8, 4) is 0 Å². The first-order chi connectivity index (χ1) is 10.0. The Bertz CT molecular complexity index is 463. The zero-order valence-corrected chi connectivity index (χ0v) is 14.1. The molecular weight excluding hydrogens is 285 g/mol. The molecule has 3 heteroatoms. The summed E-state index contributed by atoms with van der Waals surface area (Å²) in [6, 6.07) is 5.35. The Labute approximate surface area is 133 Å². The van der Waals surface area contributed by atoms with E-state index in [1.165, 1.54) is 25.3 Å². The molecule has 0 bridgehead atoms. The van der Waals surface area contributed by atoms with E-state index in [2.05, 4.69) is 26.1 Å². The van der Waals surface area contributed by atoms with Gasteiger partial charge in [-0.25, -0.2) is 4.39 Å². The summed E-state index contributed by atoms with van der Waals surface area (Å²) < 4.78 is 13.8. The Morgan fingerprint density at radius 3 is 2.71 bits per heavy atom. The van der Waals surface area contributed by atoms with Crippen LogP contribution in [-0.4, -0.2) is 6.54 Å². The van der Waals surface area contributed by atoms with Crippen LogP contribution in [0.5, 0.6) is 0 Å². The summed E-state index contributed by atoms with van der Waals surface area (Å²) in [5.74, 6) is 1.75. The van der Waals surface area contributed by atoms with E-state index in [0.717, 1.165) is 30.4 Å². The third kappa shape index (κ3) is 3.98. The molecule has 0 amide bonds. The smallest absolute Gasteiger partial charge is 0.142 e. The third-order valence-corrected chi connectivity index (χ3v) is 5.44. The lowest BCUT2D eigenvalue weighted by Gasteiger charge is -2.37. The summed E-state index contributed by atoms with van der Waals surface area (Å²) >= 11 is 6.24. The number of rotatable bonds is 5. The molecule has 1 aliphatic carbocycles. The van der Waals surface area contributed by atoms with Gasteiger partial charge in [-0.15, -0.1) is 0 Å². The summed E-state index contributed by atoms with van der Waals surface area (Å²) in [5, 5.41) is 3.90. The van der Waals surface area contributed by atoms with Gasteiger partial charge in [0.1, 0.15) is 5.82 Å². The standard InChI is InChI=1S/C18H27ClFN/c1-4-10-21-18(14-9-8-12(2)13(3)11-14)15-6-5-7-16(20)17(15)19/h5-7,12-14,18,21H,4,8-11H2,1-3H3. The summed E-state index contributed by atoms with van der Waals surface area (Å²) in [4.78, 5) is 0. The Morgan fingerprint density at radius 2 is 2.05 bits per heavy atom. The molecular formula is C18H27ClFN. The van der Waals surface area contributed by atoms with Gasteiger partial charge >= 0.3 is 0 Å². The van der Waals surface area contributed by atoms with Gasteiger partial charge in [-0.05, 0) is 55.2 Å². The fourth-order valence-electron chi connectivity index (χ4n) is 3.48. The first kappa shape index (κ1) is 16.8. The molecule has 4 unspecified atom stereocenters. The molecule has 118 valence electrons. The van der Waals surface area contributed by atoms with Crippen LogP contribution in [0.15, 0.2) is 18.2 Å². The van der Waals surface area contributed by atoms with Crippen molar-refractivity contribution in [2.24, 2.45) is 17.8 Å². The van der Waals surface area contributed by atoms with Crippen LogP contribution in [0, 0.1) is 23.6 Å². The molecule has 1 fully saturated rings. The Kier molecular flexibility index (Phi) is 6.07. The quantitative estimate of drug-likeness (QED) is 0.747. The van der Waals surface area contributed by atoms with Crippen molar-refractivity contribution in [1.29, 1.82) is 0 Å². The van der Waals surface area contributed by atoms with Crippen LogP contribution >= 0.6 is 11.6 Å². The highest BCUT2D eigenvalue weighted by atomic mass is 35.5. The van der Waals surface area contributed by atoms with Gasteiger partial charge in [0, 0.05) is 6.04 Å². The molecule has 1 aromatic carbocycles. The number of benzene rings is 1. The SMILES string of the molecule is CCCNC(c1cccc(F)c1Cl)C1CCC(C)C(C)C1. The monoisotopic (exact) mass is 311 g/mol. The summed E-state index contributed by atoms with van der Waals surface area (Å²) in [7, 11) is 0.